The molecule has 2 saturated heterocycles. The summed E-state index contributed by atoms with van der Waals surface area (Å²) in [6.45, 7) is 3.53. The smallest absolute Gasteiger partial charge is 0.315 e. The first kappa shape index (κ1) is 36.8. The maximum absolute atomic E-state index is 12.3. The molecule has 0 aromatic carbocycles. The number of thioether (sulfide) groups is 1. The third kappa shape index (κ3) is 11.9. The van der Waals surface area contributed by atoms with Crippen molar-refractivity contribution in [3.8, 4) is 0 Å². The minimum absolute atomic E-state index is 0.0511. The predicted molar refractivity (Wildman–Crippen MR) is 185 cm³/mol. The molecular weight excluding hydrogens is 600 g/mol. The van der Waals surface area contributed by atoms with Crippen molar-refractivity contribution in [3.63, 3.8) is 0 Å². The first-order chi connectivity index (χ1) is 22.3. The summed E-state index contributed by atoms with van der Waals surface area (Å²) in [7, 11) is 0. The number of aliphatic hydroxyl groups is 2. The summed E-state index contributed by atoms with van der Waals surface area (Å²) in [4.78, 5) is 35.9. The molecule has 0 radical (unpaired) electrons. The van der Waals surface area contributed by atoms with E-state index in [0.29, 0.717) is 43.0 Å². The van der Waals surface area contributed by atoms with Crippen LogP contribution in [-0.4, -0.2) is 76.4 Å². The summed E-state index contributed by atoms with van der Waals surface area (Å²) in [5.74, 6) is 2.32. The molecule has 0 aromatic rings. The number of amides is 4. The Labute approximate surface area is 281 Å². The van der Waals surface area contributed by atoms with E-state index < -0.39 is 6.10 Å². The number of carbonyl (C=O) groups is 3. The number of hydrogen-bond acceptors (Lipinski definition) is 6. The van der Waals surface area contributed by atoms with Gasteiger partial charge in [-0.25, -0.2) is 4.79 Å². The number of fused-ring (bicyclic) bond motifs is 2. The molecule has 2 aliphatic heterocycles. The van der Waals surface area contributed by atoms with Crippen LogP contribution in [0.15, 0.2) is 23.8 Å². The van der Waals surface area contributed by atoms with Gasteiger partial charge in [0.2, 0.25) is 11.8 Å². The Morgan fingerprint density at radius 2 is 1.74 bits per heavy atom. The molecule has 2 heterocycles. The Kier molecular flexibility index (Phi) is 15.8. The van der Waals surface area contributed by atoms with Gasteiger partial charge in [-0.1, -0.05) is 56.4 Å². The van der Waals surface area contributed by atoms with Gasteiger partial charge >= 0.3 is 6.03 Å². The second-order valence-corrected chi connectivity index (χ2v) is 15.3. The molecule has 0 spiro atoms. The van der Waals surface area contributed by atoms with Gasteiger partial charge in [0.15, 0.2) is 0 Å². The Morgan fingerprint density at radius 3 is 2.50 bits per heavy atom. The van der Waals surface area contributed by atoms with E-state index in [9.17, 15) is 24.6 Å². The summed E-state index contributed by atoms with van der Waals surface area (Å²) in [5.41, 5.74) is 1.47. The number of unbranched alkanes of at least 4 members (excludes halogenated alkanes) is 6. The number of carbonyl (C=O) groups excluding carboxylic acids is 3. The highest BCUT2D eigenvalue weighted by Gasteiger charge is 2.45. The zero-order valence-electron chi connectivity index (χ0n) is 28.0. The summed E-state index contributed by atoms with van der Waals surface area (Å²) in [5, 5.41) is 33.4. The Bertz CT molecular complexity index is 1040. The summed E-state index contributed by atoms with van der Waals surface area (Å²) < 4.78 is 0. The van der Waals surface area contributed by atoms with Gasteiger partial charge in [0.05, 0.1) is 24.3 Å². The molecule has 46 heavy (non-hydrogen) atoms. The predicted octanol–water partition coefficient (Wildman–Crippen LogP) is 5.12. The Morgan fingerprint density at radius 1 is 0.978 bits per heavy atom. The maximum Gasteiger partial charge on any atom is 0.315 e. The fraction of sp³-hybridized carbons (Fsp3) is 0.806. The quantitative estimate of drug-likeness (QED) is 0.0574. The minimum atomic E-state index is -0.410. The van der Waals surface area contributed by atoms with Crippen molar-refractivity contribution in [2.75, 3.05) is 18.8 Å². The number of allylic oxidation sites excluding steroid dienone is 2. The van der Waals surface area contributed by atoms with Crippen LogP contribution in [0.5, 0.6) is 0 Å². The van der Waals surface area contributed by atoms with Crippen molar-refractivity contribution < 1.29 is 24.6 Å². The van der Waals surface area contributed by atoms with Gasteiger partial charge in [0.1, 0.15) is 0 Å². The highest BCUT2D eigenvalue weighted by atomic mass is 32.2. The average Bonchev–Trinajstić information content (AvgIpc) is 3.77. The molecule has 4 fully saturated rings. The van der Waals surface area contributed by atoms with Gasteiger partial charge in [0, 0.05) is 42.9 Å². The molecule has 0 bridgehead atoms. The highest BCUT2D eigenvalue weighted by molar-refractivity contribution is 8.00. The largest absolute Gasteiger partial charge is 0.392 e. The molecule has 2 aliphatic carbocycles. The normalized spacial score (nSPS) is 29.9. The lowest BCUT2D eigenvalue weighted by Crippen LogP contribution is -2.36. The molecule has 6 N–H and O–H groups in total. The SMILES string of the molecule is CCCCC[C@@H](O)/C=C/[C@@H]1[C@H]2C/C(=C/CCCC(=O)NCCCCCNC(=O)CCCC[C@H]3SC[C@H]4NC(=O)N[C@@H]43)C[C@@H]2C[C@H]1O. The highest BCUT2D eigenvalue weighted by Crippen LogP contribution is 2.50. The van der Waals surface area contributed by atoms with Crippen LogP contribution in [0.1, 0.15) is 116 Å². The van der Waals surface area contributed by atoms with E-state index in [-0.39, 0.29) is 42.0 Å². The number of rotatable bonds is 21. The van der Waals surface area contributed by atoms with Crippen LogP contribution in [-0.2, 0) is 9.59 Å². The number of hydrogen-bond donors (Lipinski definition) is 6. The third-order valence-corrected chi connectivity index (χ3v) is 11.9. The van der Waals surface area contributed by atoms with E-state index in [4.69, 9.17) is 0 Å². The lowest BCUT2D eigenvalue weighted by atomic mass is 9.90. The maximum atomic E-state index is 12.3. The third-order valence-electron chi connectivity index (χ3n) is 10.4. The first-order valence-electron chi connectivity index (χ1n) is 18.3. The van der Waals surface area contributed by atoms with Gasteiger partial charge in [-0.15, -0.1) is 0 Å². The molecule has 260 valence electrons. The van der Waals surface area contributed by atoms with Gasteiger partial charge in [0.25, 0.3) is 0 Å². The summed E-state index contributed by atoms with van der Waals surface area (Å²) in [6, 6.07) is 0.437. The second-order valence-electron chi connectivity index (χ2n) is 14.0. The molecule has 10 heteroatoms. The molecule has 0 unspecified atom stereocenters. The van der Waals surface area contributed by atoms with Crippen molar-refractivity contribution in [1.82, 2.24) is 21.3 Å². The van der Waals surface area contributed by atoms with Crippen LogP contribution < -0.4 is 21.3 Å². The van der Waals surface area contributed by atoms with Gasteiger partial charge in [-0.2, -0.15) is 11.8 Å². The van der Waals surface area contributed by atoms with E-state index in [0.717, 1.165) is 102 Å². The average molecular weight is 661 g/mol. The molecule has 2 saturated carbocycles. The standard InChI is InChI=1S/C36H60N4O5S/c1-2-3-5-13-27(41)17-18-28-29-22-25(21-26(29)23-31(28)42)12-6-8-15-33(43)37-19-10-4-11-20-38-34(44)16-9-7-14-32-35-30(24-46-32)39-36(45)40-35/h12,17-18,26-32,35,41-42H,2-11,13-16,19-24H2,1H3,(H,37,43)(H,38,44)(H2,39,40,45)/b18-17+,25-12+/t26-,27-,28-,29+,30-,31-,32-,35+/m1/s1. The minimum Gasteiger partial charge on any atom is -0.392 e. The number of urea groups is 1. The zero-order chi connectivity index (χ0) is 32.7. The zero-order valence-corrected chi connectivity index (χ0v) is 28.8. The van der Waals surface area contributed by atoms with Crippen LogP contribution in [0.3, 0.4) is 0 Å². The van der Waals surface area contributed by atoms with Crippen LogP contribution in [0, 0.1) is 17.8 Å². The molecular formula is C36H60N4O5S. The van der Waals surface area contributed by atoms with Gasteiger partial charge in [-0.3, -0.25) is 9.59 Å². The van der Waals surface area contributed by atoms with Crippen molar-refractivity contribution in [2.24, 2.45) is 17.8 Å². The lowest BCUT2D eigenvalue weighted by Gasteiger charge is -2.17. The van der Waals surface area contributed by atoms with Crippen LogP contribution >= 0.6 is 11.8 Å². The fourth-order valence-corrected chi connectivity index (χ4v) is 9.34. The summed E-state index contributed by atoms with van der Waals surface area (Å²) in [6.07, 6.45) is 21.2. The molecule has 4 amide bonds. The van der Waals surface area contributed by atoms with Crippen molar-refractivity contribution >= 4 is 29.6 Å². The van der Waals surface area contributed by atoms with Crippen LogP contribution in [0.4, 0.5) is 4.79 Å². The number of aliphatic hydroxyl groups excluding tert-OH is 2. The van der Waals surface area contributed by atoms with Crippen LogP contribution in [0.25, 0.3) is 0 Å². The van der Waals surface area contributed by atoms with Gasteiger partial charge in [-0.05, 0) is 82.5 Å². The van der Waals surface area contributed by atoms with Crippen molar-refractivity contribution in [3.05, 3.63) is 23.8 Å². The molecule has 0 aromatic heterocycles. The van der Waals surface area contributed by atoms with Gasteiger partial charge < -0.3 is 31.5 Å². The fourth-order valence-electron chi connectivity index (χ4n) is 7.80. The Hall–Kier alpha value is -2.04. The second kappa shape index (κ2) is 19.7. The first-order valence-corrected chi connectivity index (χ1v) is 19.3. The molecule has 9 nitrogen and oxygen atoms in total. The van der Waals surface area contributed by atoms with E-state index in [1.54, 1.807) is 0 Å². The molecule has 4 rings (SSSR count). The van der Waals surface area contributed by atoms with E-state index in [2.05, 4.69) is 40.3 Å². The summed E-state index contributed by atoms with van der Waals surface area (Å²) >= 11 is 1.92. The van der Waals surface area contributed by atoms with Crippen molar-refractivity contribution in [1.29, 1.82) is 0 Å². The van der Waals surface area contributed by atoms with E-state index in [1.165, 1.54) is 5.57 Å². The molecule has 4 aliphatic rings. The van der Waals surface area contributed by atoms with Crippen molar-refractivity contribution in [2.45, 2.75) is 146 Å². The lowest BCUT2D eigenvalue weighted by molar-refractivity contribution is -0.121. The van der Waals surface area contributed by atoms with E-state index in [1.807, 2.05) is 17.8 Å². The number of nitrogens with one attached hydrogen (secondary N) is 4. The van der Waals surface area contributed by atoms with E-state index >= 15 is 0 Å². The Balaban J connectivity index is 0.956. The molecule has 8 atom stereocenters. The topological polar surface area (TPSA) is 140 Å². The van der Waals surface area contributed by atoms with Crippen LogP contribution in [0.2, 0.25) is 0 Å². The monoisotopic (exact) mass is 660 g/mol.